The molecule has 0 heterocycles. The Hall–Kier alpha value is -1.58. The van der Waals surface area contributed by atoms with Crippen LogP contribution < -0.4 is 0 Å². The molecule has 3 unspecified atom stereocenters. The number of carbonyl (C=O) groups excluding carboxylic acids is 1. The monoisotopic (exact) mass is 799 g/mol. The smallest absolute Gasteiger partial charge is 0.457 e. The zero-order valence-corrected chi connectivity index (χ0v) is 36.0. The van der Waals surface area contributed by atoms with E-state index in [-0.39, 0.29) is 13.0 Å². The molecule has 0 aliphatic rings. The predicted octanol–water partition coefficient (Wildman–Crippen LogP) is 12.2. The van der Waals surface area contributed by atoms with Crippen molar-refractivity contribution in [1.29, 1.82) is 0 Å². The van der Waals surface area contributed by atoms with Gasteiger partial charge in [-0.05, 0) is 38.5 Å². The third kappa shape index (κ3) is 41.9. The van der Waals surface area contributed by atoms with Crippen LogP contribution in [0.1, 0.15) is 187 Å². The number of phosphoric ester groups is 1. The molecule has 9 nitrogen and oxygen atoms in total. The van der Waals surface area contributed by atoms with E-state index in [9.17, 15) is 19.4 Å². The van der Waals surface area contributed by atoms with Gasteiger partial charge in [0, 0.05) is 13.0 Å². The second kappa shape index (κ2) is 42.0. The maximum absolute atomic E-state index is 12.5. The molecular formula is C45H83O9P. The van der Waals surface area contributed by atoms with Crippen LogP contribution in [-0.2, 0) is 27.9 Å². The quantitative estimate of drug-likeness (QED) is 0.0239. The number of carbonyl (C=O) groups is 1. The van der Waals surface area contributed by atoms with E-state index in [2.05, 4.69) is 50.3 Å². The Morgan fingerprint density at radius 1 is 0.582 bits per heavy atom. The summed E-state index contributed by atoms with van der Waals surface area (Å²) in [5.41, 5.74) is 0. The van der Waals surface area contributed by atoms with Gasteiger partial charge >= 0.3 is 13.8 Å². The molecule has 0 aromatic carbocycles. The molecule has 0 aromatic rings. The van der Waals surface area contributed by atoms with Crippen molar-refractivity contribution in [1.82, 2.24) is 0 Å². The van der Waals surface area contributed by atoms with Gasteiger partial charge in [-0.25, -0.2) is 4.57 Å². The Labute approximate surface area is 337 Å². The Morgan fingerprint density at radius 2 is 1.00 bits per heavy atom. The summed E-state index contributed by atoms with van der Waals surface area (Å²) in [5.74, 6) is -0.460. The standard InChI is InChI=1S/C45H83O9P/c1-3-5-7-9-11-13-15-17-18-19-20-21-22-23-24-26-28-30-32-34-36-38-51-41-44(42-53-55(49,50)52-40-43(47)39-46)54-45(48)37-35-33-31-29-27-25-16-14-12-10-8-6-4-2/h6,8,12,14,25,27,31,33,43-44,46-47H,3-5,7,9-11,13,15-24,26,28-30,32,34-42H2,1-2H3,(H,49,50)/b8-6-,14-12-,27-25-,33-31-. The molecular weight excluding hydrogens is 715 g/mol. The highest BCUT2D eigenvalue weighted by Gasteiger charge is 2.26. The minimum absolute atomic E-state index is 0.0220. The zero-order chi connectivity index (χ0) is 40.3. The first-order chi connectivity index (χ1) is 26.8. The summed E-state index contributed by atoms with van der Waals surface area (Å²) in [6.07, 6.45) is 46.7. The van der Waals surface area contributed by atoms with Crippen LogP contribution in [0.4, 0.5) is 0 Å². The molecule has 3 N–H and O–H groups in total. The number of esters is 1. The van der Waals surface area contributed by atoms with Crippen LogP contribution >= 0.6 is 7.82 Å². The van der Waals surface area contributed by atoms with Gasteiger partial charge in [-0.3, -0.25) is 13.8 Å². The minimum atomic E-state index is -4.53. The second-order valence-corrected chi connectivity index (χ2v) is 16.1. The van der Waals surface area contributed by atoms with E-state index in [0.29, 0.717) is 13.0 Å². The van der Waals surface area contributed by atoms with E-state index >= 15 is 0 Å². The Balaban J connectivity index is 4.14. The van der Waals surface area contributed by atoms with E-state index in [1.165, 1.54) is 116 Å². The number of phosphoric acid groups is 1. The Bertz CT molecular complexity index is 997. The van der Waals surface area contributed by atoms with Crippen LogP contribution in [0.3, 0.4) is 0 Å². The van der Waals surface area contributed by atoms with Gasteiger partial charge in [0.05, 0.1) is 26.4 Å². The van der Waals surface area contributed by atoms with E-state index in [1.807, 2.05) is 12.2 Å². The van der Waals surface area contributed by atoms with Crippen molar-refractivity contribution in [2.75, 3.05) is 33.0 Å². The molecule has 0 bridgehead atoms. The lowest BCUT2D eigenvalue weighted by molar-refractivity contribution is -0.154. The third-order valence-corrected chi connectivity index (χ3v) is 10.2. The lowest BCUT2D eigenvalue weighted by atomic mass is 10.0. The number of unbranched alkanes of at least 4 members (excludes halogenated alkanes) is 20. The SMILES string of the molecule is CC/C=C\C/C=C\C/C=C\C/C=C\CCC(=O)OC(COCCCCCCCCCCCCCCCCCCCCCCC)COP(=O)(O)OCC(O)CO. The first kappa shape index (κ1) is 53.4. The second-order valence-electron chi connectivity index (χ2n) is 14.7. The van der Waals surface area contributed by atoms with Crippen molar-refractivity contribution in [2.24, 2.45) is 0 Å². The molecule has 0 saturated carbocycles. The first-order valence-electron chi connectivity index (χ1n) is 22.1. The molecule has 0 fully saturated rings. The summed E-state index contributed by atoms with van der Waals surface area (Å²) < 4.78 is 33.3. The van der Waals surface area contributed by atoms with Crippen LogP contribution in [-0.4, -0.2) is 66.3 Å². The van der Waals surface area contributed by atoms with Crippen molar-refractivity contribution in [3.63, 3.8) is 0 Å². The van der Waals surface area contributed by atoms with Gasteiger partial charge in [0.15, 0.2) is 0 Å². The van der Waals surface area contributed by atoms with Crippen LogP contribution in [0.25, 0.3) is 0 Å². The van der Waals surface area contributed by atoms with Gasteiger partial charge in [-0.2, -0.15) is 0 Å². The van der Waals surface area contributed by atoms with Crippen LogP contribution in [0, 0.1) is 0 Å². The molecule has 0 rings (SSSR count). The molecule has 0 saturated heterocycles. The van der Waals surface area contributed by atoms with E-state index < -0.39 is 45.8 Å². The van der Waals surface area contributed by atoms with E-state index in [0.717, 1.165) is 44.9 Å². The number of aliphatic hydroxyl groups is 2. The summed E-state index contributed by atoms with van der Waals surface area (Å²) in [6, 6.07) is 0. The molecule has 10 heteroatoms. The van der Waals surface area contributed by atoms with Crippen molar-refractivity contribution in [2.45, 2.75) is 199 Å². The number of allylic oxidation sites excluding steroid dienone is 8. The molecule has 322 valence electrons. The first-order valence-corrected chi connectivity index (χ1v) is 23.6. The minimum Gasteiger partial charge on any atom is -0.457 e. The van der Waals surface area contributed by atoms with Crippen molar-refractivity contribution in [3.8, 4) is 0 Å². The molecule has 0 radical (unpaired) electrons. The molecule has 0 amide bonds. The highest BCUT2D eigenvalue weighted by atomic mass is 31.2. The topological polar surface area (TPSA) is 132 Å². The number of hydrogen-bond donors (Lipinski definition) is 3. The molecule has 0 aliphatic carbocycles. The zero-order valence-electron chi connectivity index (χ0n) is 35.1. The summed E-state index contributed by atoms with van der Waals surface area (Å²) in [6.45, 7) is 3.32. The maximum atomic E-state index is 12.5. The third-order valence-electron chi connectivity index (χ3n) is 9.29. The van der Waals surface area contributed by atoms with Gasteiger partial charge in [0.1, 0.15) is 12.2 Å². The normalized spacial score (nSPS) is 14.5. The average Bonchev–Trinajstić information content (AvgIpc) is 3.18. The molecule has 0 spiro atoms. The molecule has 55 heavy (non-hydrogen) atoms. The lowest BCUT2D eigenvalue weighted by Gasteiger charge is -2.20. The van der Waals surface area contributed by atoms with Crippen molar-refractivity contribution in [3.05, 3.63) is 48.6 Å². The van der Waals surface area contributed by atoms with Gasteiger partial charge in [0.25, 0.3) is 0 Å². The van der Waals surface area contributed by atoms with Crippen LogP contribution in [0.2, 0.25) is 0 Å². The fourth-order valence-electron chi connectivity index (χ4n) is 5.96. The Morgan fingerprint density at radius 3 is 1.45 bits per heavy atom. The van der Waals surface area contributed by atoms with Gasteiger partial charge < -0.3 is 24.6 Å². The highest BCUT2D eigenvalue weighted by molar-refractivity contribution is 7.47. The van der Waals surface area contributed by atoms with Gasteiger partial charge in [0.2, 0.25) is 0 Å². The summed E-state index contributed by atoms with van der Waals surface area (Å²) in [4.78, 5) is 22.5. The number of rotatable bonds is 42. The largest absolute Gasteiger partial charge is 0.472 e. The Kier molecular flexibility index (Phi) is 40.8. The molecule has 0 aromatic heterocycles. The van der Waals surface area contributed by atoms with Gasteiger partial charge in [-0.1, -0.05) is 191 Å². The van der Waals surface area contributed by atoms with Crippen molar-refractivity contribution >= 4 is 13.8 Å². The van der Waals surface area contributed by atoms with E-state index in [4.69, 9.17) is 23.6 Å². The van der Waals surface area contributed by atoms with Crippen LogP contribution in [0.5, 0.6) is 0 Å². The molecule has 0 aliphatic heterocycles. The number of ether oxygens (including phenoxy) is 2. The molecule has 3 atom stereocenters. The highest BCUT2D eigenvalue weighted by Crippen LogP contribution is 2.43. The van der Waals surface area contributed by atoms with Crippen LogP contribution in [0.15, 0.2) is 48.6 Å². The van der Waals surface area contributed by atoms with Crippen molar-refractivity contribution < 1.29 is 43.0 Å². The maximum Gasteiger partial charge on any atom is 0.472 e. The fraction of sp³-hybridized carbons (Fsp3) is 0.800. The number of aliphatic hydroxyl groups excluding tert-OH is 2. The lowest BCUT2D eigenvalue weighted by Crippen LogP contribution is -2.29. The fourth-order valence-corrected chi connectivity index (χ4v) is 6.75. The summed E-state index contributed by atoms with van der Waals surface area (Å²) in [5, 5.41) is 18.3. The number of hydrogen-bond acceptors (Lipinski definition) is 8. The summed E-state index contributed by atoms with van der Waals surface area (Å²) >= 11 is 0. The van der Waals surface area contributed by atoms with Gasteiger partial charge in [-0.15, -0.1) is 0 Å². The predicted molar refractivity (Wildman–Crippen MR) is 228 cm³/mol. The van der Waals surface area contributed by atoms with E-state index in [1.54, 1.807) is 0 Å². The average molecular weight is 799 g/mol. The summed E-state index contributed by atoms with van der Waals surface area (Å²) in [7, 11) is -4.53.